The SMILES string of the molecule is CC[C@H](C)c1ccc(N(C(=O)CNC(=O)c2cccs2)[C@@H](C(=O)NC(C)(C)CC)c2cccc(OC)c2)cc1. The number of nitrogens with zero attached hydrogens (tertiary/aromatic N) is 1. The van der Waals surface area contributed by atoms with Gasteiger partial charge in [0.05, 0.1) is 18.5 Å². The van der Waals surface area contributed by atoms with Gasteiger partial charge in [-0.15, -0.1) is 11.3 Å². The van der Waals surface area contributed by atoms with Crippen LogP contribution in [0.2, 0.25) is 0 Å². The van der Waals surface area contributed by atoms with Crippen LogP contribution in [-0.2, 0) is 9.59 Å². The Balaban J connectivity index is 2.08. The zero-order chi connectivity index (χ0) is 28.6. The summed E-state index contributed by atoms with van der Waals surface area (Å²) in [5, 5.41) is 7.64. The number of rotatable bonds is 12. The molecular weight excluding hydrogens is 510 g/mol. The Morgan fingerprint density at radius 2 is 1.72 bits per heavy atom. The first-order valence-corrected chi connectivity index (χ1v) is 14.2. The number of hydrogen-bond acceptors (Lipinski definition) is 5. The number of carbonyl (C=O) groups excluding carboxylic acids is 3. The molecule has 2 aromatic carbocycles. The van der Waals surface area contributed by atoms with Crippen molar-refractivity contribution >= 4 is 34.7 Å². The number of ether oxygens (including phenoxy) is 1. The van der Waals surface area contributed by atoms with Crippen LogP contribution in [0.3, 0.4) is 0 Å². The highest BCUT2D eigenvalue weighted by molar-refractivity contribution is 7.12. The lowest BCUT2D eigenvalue weighted by Crippen LogP contribution is -2.52. The van der Waals surface area contributed by atoms with Crippen LogP contribution in [0.15, 0.2) is 66.0 Å². The van der Waals surface area contributed by atoms with Crippen molar-refractivity contribution in [3.8, 4) is 5.75 Å². The van der Waals surface area contributed by atoms with Crippen molar-refractivity contribution in [1.82, 2.24) is 10.6 Å². The smallest absolute Gasteiger partial charge is 0.261 e. The lowest BCUT2D eigenvalue weighted by atomic mass is 9.96. The number of methoxy groups -OCH3 is 1. The van der Waals surface area contributed by atoms with Crippen LogP contribution < -0.4 is 20.3 Å². The minimum Gasteiger partial charge on any atom is -0.497 e. The molecule has 1 aromatic heterocycles. The predicted octanol–water partition coefficient (Wildman–Crippen LogP) is 6.08. The first-order chi connectivity index (χ1) is 18.6. The average Bonchev–Trinajstić information content (AvgIpc) is 3.49. The third-order valence-corrected chi connectivity index (χ3v) is 7.90. The van der Waals surface area contributed by atoms with Crippen molar-refractivity contribution in [2.45, 2.75) is 65.0 Å². The second-order valence-corrected chi connectivity index (χ2v) is 11.2. The molecule has 8 heteroatoms. The predicted molar refractivity (Wildman–Crippen MR) is 158 cm³/mol. The van der Waals surface area contributed by atoms with Crippen molar-refractivity contribution < 1.29 is 19.1 Å². The third kappa shape index (κ3) is 7.69. The summed E-state index contributed by atoms with van der Waals surface area (Å²) >= 11 is 1.30. The lowest BCUT2D eigenvalue weighted by Gasteiger charge is -2.35. The summed E-state index contributed by atoms with van der Waals surface area (Å²) in [6.07, 6.45) is 1.69. The van der Waals surface area contributed by atoms with Gasteiger partial charge in [0, 0.05) is 11.2 Å². The number of thiophene rings is 1. The fourth-order valence-electron chi connectivity index (χ4n) is 4.09. The fraction of sp³-hybridized carbons (Fsp3) is 0.387. The molecule has 2 atom stereocenters. The molecule has 0 spiro atoms. The molecule has 2 N–H and O–H groups in total. The van der Waals surface area contributed by atoms with Crippen molar-refractivity contribution in [2.24, 2.45) is 0 Å². The van der Waals surface area contributed by atoms with E-state index in [0.29, 0.717) is 34.2 Å². The number of benzene rings is 2. The summed E-state index contributed by atoms with van der Waals surface area (Å²) in [5.41, 5.74) is 1.82. The van der Waals surface area contributed by atoms with Gasteiger partial charge in [0.25, 0.3) is 5.91 Å². The molecule has 0 fully saturated rings. The van der Waals surface area contributed by atoms with Crippen LogP contribution in [0.4, 0.5) is 5.69 Å². The van der Waals surface area contributed by atoms with Gasteiger partial charge >= 0.3 is 0 Å². The van der Waals surface area contributed by atoms with Crippen molar-refractivity contribution in [2.75, 3.05) is 18.6 Å². The summed E-state index contributed by atoms with van der Waals surface area (Å²) < 4.78 is 5.44. The minimum atomic E-state index is -0.994. The molecule has 39 heavy (non-hydrogen) atoms. The van der Waals surface area contributed by atoms with E-state index >= 15 is 0 Å². The maximum atomic E-state index is 14.0. The highest BCUT2D eigenvalue weighted by Gasteiger charge is 2.35. The van der Waals surface area contributed by atoms with E-state index in [2.05, 4.69) is 24.5 Å². The van der Waals surface area contributed by atoms with E-state index < -0.39 is 17.5 Å². The van der Waals surface area contributed by atoms with E-state index in [-0.39, 0.29) is 18.4 Å². The summed E-state index contributed by atoms with van der Waals surface area (Å²) in [5.74, 6) is -0.130. The topological polar surface area (TPSA) is 87.7 Å². The molecule has 3 rings (SSSR count). The molecule has 7 nitrogen and oxygen atoms in total. The second-order valence-electron chi connectivity index (χ2n) is 10.2. The van der Waals surface area contributed by atoms with E-state index in [9.17, 15) is 14.4 Å². The van der Waals surface area contributed by atoms with Gasteiger partial charge in [-0.2, -0.15) is 0 Å². The van der Waals surface area contributed by atoms with Gasteiger partial charge in [-0.05, 0) is 79.4 Å². The Kier molecular flexibility index (Phi) is 10.3. The highest BCUT2D eigenvalue weighted by atomic mass is 32.1. The number of nitrogens with one attached hydrogen (secondary N) is 2. The molecule has 0 saturated heterocycles. The number of carbonyl (C=O) groups is 3. The molecule has 0 saturated carbocycles. The molecule has 0 radical (unpaired) electrons. The van der Waals surface area contributed by atoms with E-state index in [1.54, 1.807) is 42.8 Å². The van der Waals surface area contributed by atoms with E-state index in [1.165, 1.54) is 16.2 Å². The van der Waals surface area contributed by atoms with Gasteiger partial charge in [0.15, 0.2) is 0 Å². The molecule has 0 aliphatic rings. The zero-order valence-electron chi connectivity index (χ0n) is 23.6. The molecular formula is C31H39N3O4S. The van der Waals surface area contributed by atoms with Gasteiger partial charge in [-0.1, -0.05) is 51.1 Å². The highest BCUT2D eigenvalue weighted by Crippen LogP contribution is 2.32. The van der Waals surface area contributed by atoms with Gasteiger partial charge in [-0.25, -0.2) is 0 Å². The maximum Gasteiger partial charge on any atom is 0.261 e. The summed E-state index contributed by atoms with van der Waals surface area (Å²) in [4.78, 5) is 42.5. The summed E-state index contributed by atoms with van der Waals surface area (Å²) in [7, 11) is 1.56. The number of hydrogen-bond donors (Lipinski definition) is 2. The van der Waals surface area contributed by atoms with Gasteiger partial charge in [-0.3, -0.25) is 19.3 Å². The molecule has 3 aromatic rings. The quantitative estimate of drug-likeness (QED) is 0.287. The van der Waals surface area contributed by atoms with Crippen LogP contribution in [0.5, 0.6) is 5.75 Å². The fourth-order valence-corrected chi connectivity index (χ4v) is 4.73. The standard InChI is InChI=1S/C31H39N3O4S/c1-7-21(3)22-14-16-24(17-15-22)34(27(35)20-32-29(36)26-13-10-18-39-26)28(30(37)33-31(4,5)8-2)23-11-9-12-25(19-23)38-6/h9-19,21,28H,7-8,20H2,1-6H3,(H,32,36)(H,33,37)/t21-,28+/m0/s1. The second kappa shape index (κ2) is 13.4. The first kappa shape index (κ1) is 29.9. The van der Waals surface area contributed by atoms with Crippen LogP contribution in [0.25, 0.3) is 0 Å². The lowest BCUT2D eigenvalue weighted by molar-refractivity contribution is -0.127. The van der Waals surface area contributed by atoms with Gasteiger partial charge in [0.2, 0.25) is 11.8 Å². The largest absolute Gasteiger partial charge is 0.497 e. The number of anilines is 1. The monoisotopic (exact) mass is 549 g/mol. The van der Waals surface area contributed by atoms with Gasteiger partial charge < -0.3 is 15.4 Å². The van der Waals surface area contributed by atoms with Gasteiger partial charge in [0.1, 0.15) is 11.8 Å². The molecule has 0 bridgehead atoms. The van der Waals surface area contributed by atoms with Crippen LogP contribution in [0.1, 0.15) is 80.2 Å². The Labute approximate surface area is 235 Å². The molecule has 3 amide bonds. The summed E-state index contributed by atoms with van der Waals surface area (Å²) in [6.45, 7) is 9.90. The van der Waals surface area contributed by atoms with Crippen molar-refractivity contribution in [3.05, 3.63) is 82.0 Å². The van der Waals surface area contributed by atoms with Crippen LogP contribution >= 0.6 is 11.3 Å². The van der Waals surface area contributed by atoms with Crippen LogP contribution in [-0.4, -0.2) is 36.9 Å². The minimum absolute atomic E-state index is 0.269. The average molecular weight is 550 g/mol. The summed E-state index contributed by atoms with van der Waals surface area (Å²) in [6, 6.07) is 17.4. The normalized spacial score (nSPS) is 12.8. The van der Waals surface area contributed by atoms with E-state index in [0.717, 1.165) is 12.0 Å². The number of amides is 3. The van der Waals surface area contributed by atoms with Crippen molar-refractivity contribution in [1.29, 1.82) is 0 Å². The molecule has 1 heterocycles. The Morgan fingerprint density at radius 3 is 2.31 bits per heavy atom. The Bertz CT molecular complexity index is 1260. The van der Waals surface area contributed by atoms with Crippen molar-refractivity contribution in [3.63, 3.8) is 0 Å². The maximum absolute atomic E-state index is 14.0. The molecule has 0 aliphatic carbocycles. The zero-order valence-corrected chi connectivity index (χ0v) is 24.4. The Hall–Kier alpha value is -3.65. The molecule has 0 aliphatic heterocycles. The Morgan fingerprint density at radius 1 is 1.00 bits per heavy atom. The van der Waals surface area contributed by atoms with E-state index in [4.69, 9.17) is 4.74 Å². The van der Waals surface area contributed by atoms with Crippen LogP contribution in [0, 0.1) is 0 Å². The third-order valence-electron chi connectivity index (χ3n) is 7.03. The molecule has 0 unspecified atom stereocenters. The molecule has 208 valence electrons. The van der Waals surface area contributed by atoms with E-state index in [1.807, 2.05) is 51.1 Å². The first-order valence-electron chi connectivity index (χ1n) is 13.3.